The molecule has 3 aromatic rings. The third-order valence-corrected chi connectivity index (χ3v) is 7.19. The summed E-state index contributed by atoms with van der Waals surface area (Å²) in [6.07, 6.45) is 0.261. The summed E-state index contributed by atoms with van der Waals surface area (Å²) in [7, 11) is 1.27. The molecule has 2 amide bonds. The Morgan fingerprint density at radius 3 is 2.48 bits per heavy atom. The zero-order valence-corrected chi connectivity index (χ0v) is 27.6. The van der Waals surface area contributed by atoms with Gasteiger partial charge in [-0.3, -0.25) is 5.43 Å². The van der Waals surface area contributed by atoms with Gasteiger partial charge in [0.25, 0.3) is 0 Å². The molecule has 3 aromatic carbocycles. The summed E-state index contributed by atoms with van der Waals surface area (Å²) in [6.45, 7) is 5.97. The van der Waals surface area contributed by atoms with Gasteiger partial charge in [-0.25, -0.2) is 9.59 Å². The highest BCUT2D eigenvalue weighted by Crippen LogP contribution is 2.37. The Kier molecular flexibility index (Phi) is 12.5. The van der Waals surface area contributed by atoms with Gasteiger partial charge in [-0.1, -0.05) is 29.8 Å². The third kappa shape index (κ3) is 9.09. The largest absolute Gasteiger partial charge is 0.490 e. The predicted molar refractivity (Wildman–Crippen MR) is 177 cm³/mol. The number of carbonyl (C=O) groups excluding carboxylic acids is 2. The number of benzene rings is 3. The van der Waals surface area contributed by atoms with E-state index in [2.05, 4.69) is 27.2 Å². The minimum atomic E-state index is -1.20. The molecule has 0 unspecified atom stereocenters. The molecule has 1 heterocycles. The van der Waals surface area contributed by atoms with Crippen LogP contribution in [0.25, 0.3) is 0 Å². The number of hydrazone groups is 1. The Bertz CT molecular complexity index is 1720. The van der Waals surface area contributed by atoms with Crippen LogP contribution in [-0.4, -0.2) is 56.5 Å². The van der Waals surface area contributed by atoms with Crippen molar-refractivity contribution in [3.8, 4) is 29.1 Å². The van der Waals surface area contributed by atoms with Crippen LogP contribution >= 0.6 is 11.6 Å². The van der Waals surface area contributed by atoms with Gasteiger partial charge >= 0.3 is 12.0 Å². The number of carbonyl (C=O) groups is 2. The number of allylic oxidation sites excluding steroid dienone is 1. The fourth-order valence-corrected chi connectivity index (χ4v) is 4.99. The molecule has 13 nitrogen and oxygen atoms in total. The van der Waals surface area contributed by atoms with E-state index in [1.807, 2.05) is 6.92 Å². The normalized spacial score (nSPS) is 14.8. The number of nitriles is 1. The quantitative estimate of drug-likeness (QED) is 0.0764. The van der Waals surface area contributed by atoms with E-state index in [0.717, 1.165) is 5.56 Å². The number of aliphatic hydroxyl groups is 1. The van der Waals surface area contributed by atoms with Gasteiger partial charge in [-0.05, 0) is 73.9 Å². The second-order valence-corrected chi connectivity index (χ2v) is 10.7. The summed E-state index contributed by atoms with van der Waals surface area (Å²) < 4.78 is 28.2. The van der Waals surface area contributed by atoms with Crippen molar-refractivity contribution in [1.82, 2.24) is 16.1 Å². The third-order valence-electron chi connectivity index (χ3n) is 6.91. The minimum Gasteiger partial charge on any atom is -0.490 e. The topological polar surface area (TPSA) is 173 Å². The molecule has 0 saturated carbocycles. The van der Waals surface area contributed by atoms with Gasteiger partial charge < -0.3 is 39.4 Å². The molecule has 0 fully saturated rings. The molecule has 1 aliphatic heterocycles. The maximum absolute atomic E-state index is 12.5. The van der Waals surface area contributed by atoms with Gasteiger partial charge in [0.05, 0.1) is 54.8 Å². The monoisotopic (exact) mass is 677 g/mol. The average molecular weight is 678 g/mol. The second kappa shape index (κ2) is 16.9. The lowest BCUT2D eigenvalue weighted by atomic mass is 9.95. The summed E-state index contributed by atoms with van der Waals surface area (Å²) >= 11 is 6.53. The van der Waals surface area contributed by atoms with Crippen LogP contribution in [0.3, 0.4) is 0 Å². The number of nitrogens with one attached hydrogen (secondary N) is 3. The molecule has 2 atom stereocenters. The number of ether oxygens (including phenoxy) is 5. The van der Waals surface area contributed by atoms with Gasteiger partial charge in [0.15, 0.2) is 29.2 Å². The molecular weight excluding hydrogens is 642 g/mol. The summed E-state index contributed by atoms with van der Waals surface area (Å²) in [5, 5.41) is 29.2. The van der Waals surface area contributed by atoms with Gasteiger partial charge in [0.1, 0.15) is 13.2 Å². The Balaban J connectivity index is 1.40. The number of nitrogens with zero attached hydrogens (tertiary/aromatic N) is 2. The average Bonchev–Trinajstić information content (AvgIpc) is 3.07. The number of methoxy groups -OCH3 is 1. The fraction of sp³-hybridized carbons (Fsp3) is 0.294. The van der Waals surface area contributed by atoms with Crippen LogP contribution in [0, 0.1) is 11.3 Å². The number of hydrogen-bond acceptors (Lipinski definition) is 11. The van der Waals surface area contributed by atoms with E-state index in [1.54, 1.807) is 68.4 Å². The molecule has 0 radical (unpaired) electrons. The lowest BCUT2D eigenvalue weighted by Crippen LogP contribution is -2.45. The molecule has 4 N–H and O–H groups in total. The first kappa shape index (κ1) is 35.4. The number of amides is 2. The number of aliphatic hydroxyl groups excluding tert-OH is 1. The summed E-state index contributed by atoms with van der Waals surface area (Å²) in [5.74, 6) is 0.881. The highest BCUT2D eigenvalue weighted by atomic mass is 35.5. The number of hydrogen-bond donors (Lipinski definition) is 4. The zero-order chi connectivity index (χ0) is 34.6. The molecule has 0 aliphatic carbocycles. The first-order valence-corrected chi connectivity index (χ1v) is 15.4. The molecule has 0 spiro atoms. The Hall–Kier alpha value is -5.45. The van der Waals surface area contributed by atoms with Crippen molar-refractivity contribution in [2.75, 3.05) is 26.9 Å². The SMILES string of the molecule is CCOc1cc([C@H]2NC(=O)NC(C)=C2C(=O)OC)ccc1OC[C@H](O)N/N=C/c1cc(Cl)c(OCc2ccc(C#N)cc2)c(OCC)c1. The second-order valence-electron chi connectivity index (χ2n) is 10.3. The van der Waals surface area contributed by atoms with Crippen molar-refractivity contribution in [3.63, 3.8) is 0 Å². The molecule has 4 rings (SSSR count). The van der Waals surface area contributed by atoms with Crippen LogP contribution in [0.5, 0.6) is 23.0 Å². The Morgan fingerprint density at radius 2 is 1.79 bits per heavy atom. The van der Waals surface area contributed by atoms with E-state index in [9.17, 15) is 14.7 Å². The van der Waals surface area contributed by atoms with Crippen molar-refractivity contribution >= 4 is 29.8 Å². The maximum atomic E-state index is 12.5. The molecule has 0 saturated heterocycles. The number of halogens is 1. The van der Waals surface area contributed by atoms with Crippen LogP contribution in [0.1, 0.15) is 49.1 Å². The van der Waals surface area contributed by atoms with E-state index in [0.29, 0.717) is 63.6 Å². The molecule has 14 heteroatoms. The van der Waals surface area contributed by atoms with Crippen LogP contribution in [0.4, 0.5) is 4.79 Å². The Morgan fingerprint density at radius 1 is 1.06 bits per heavy atom. The van der Waals surface area contributed by atoms with Crippen molar-refractivity contribution in [3.05, 3.63) is 93.1 Å². The minimum absolute atomic E-state index is 0.194. The molecule has 0 bridgehead atoms. The lowest BCUT2D eigenvalue weighted by molar-refractivity contribution is -0.136. The fourth-order valence-electron chi connectivity index (χ4n) is 4.72. The Labute approximate surface area is 283 Å². The van der Waals surface area contributed by atoms with Crippen molar-refractivity contribution < 1.29 is 38.4 Å². The van der Waals surface area contributed by atoms with Gasteiger partial charge in [-0.15, -0.1) is 0 Å². The maximum Gasteiger partial charge on any atom is 0.337 e. The highest BCUT2D eigenvalue weighted by Gasteiger charge is 2.32. The molecule has 252 valence electrons. The van der Waals surface area contributed by atoms with Crippen LogP contribution < -0.4 is 35.0 Å². The van der Waals surface area contributed by atoms with E-state index in [4.69, 9.17) is 40.5 Å². The summed E-state index contributed by atoms with van der Waals surface area (Å²) in [6, 6.07) is 16.2. The number of rotatable bonds is 15. The molecule has 0 aromatic heterocycles. The zero-order valence-electron chi connectivity index (χ0n) is 26.8. The molecular formula is C34H36ClN5O8. The number of esters is 1. The highest BCUT2D eigenvalue weighted by molar-refractivity contribution is 6.32. The first-order valence-electron chi connectivity index (χ1n) is 15.0. The van der Waals surface area contributed by atoms with Crippen LogP contribution in [-0.2, 0) is 16.1 Å². The van der Waals surface area contributed by atoms with Gasteiger partial charge in [0, 0.05) is 5.70 Å². The smallest absolute Gasteiger partial charge is 0.337 e. The van der Waals surface area contributed by atoms with E-state index >= 15 is 0 Å². The van der Waals surface area contributed by atoms with E-state index in [-0.39, 0.29) is 18.8 Å². The summed E-state index contributed by atoms with van der Waals surface area (Å²) in [4.78, 5) is 24.6. The predicted octanol–water partition coefficient (Wildman–Crippen LogP) is 4.71. The van der Waals surface area contributed by atoms with Crippen molar-refractivity contribution in [1.29, 1.82) is 5.26 Å². The van der Waals surface area contributed by atoms with E-state index in [1.165, 1.54) is 13.3 Å². The molecule has 1 aliphatic rings. The van der Waals surface area contributed by atoms with Gasteiger partial charge in [-0.2, -0.15) is 10.4 Å². The summed E-state index contributed by atoms with van der Waals surface area (Å²) in [5.41, 5.74) is 5.81. The van der Waals surface area contributed by atoms with Crippen LogP contribution in [0.2, 0.25) is 5.02 Å². The van der Waals surface area contributed by atoms with Crippen molar-refractivity contribution in [2.45, 2.75) is 39.6 Å². The standard InChI is InChI=1S/C34H36ClN5O8/c1-5-45-27-15-24(31-30(33(42)44-4)20(3)38-34(43)39-31)11-12-26(27)47-19-29(41)40-37-17-23-13-25(35)32(28(14-23)46-6-2)48-18-22-9-7-21(16-36)8-10-22/h7-15,17,29,31,40-41H,5-6,18-19H2,1-4H3,(H2,38,39,43)/b37-17+/t29-,31+/m0/s1. The van der Waals surface area contributed by atoms with Crippen molar-refractivity contribution in [2.24, 2.45) is 5.10 Å². The first-order chi connectivity index (χ1) is 23.2. The molecule has 48 heavy (non-hydrogen) atoms. The number of urea groups is 1. The van der Waals surface area contributed by atoms with Gasteiger partial charge in [0.2, 0.25) is 0 Å². The van der Waals surface area contributed by atoms with E-state index < -0.39 is 24.3 Å². The lowest BCUT2D eigenvalue weighted by Gasteiger charge is -2.28. The van der Waals surface area contributed by atoms with Crippen LogP contribution in [0.15, 0.2) is 71.0 Å².